The van der Waals surface area contributed by atoms with Crippen LogP contribution in [0.25, 0.3) is 21.8 Å². The normalized spacial score (nSPS) is 16.8. The lowest BCUT2D eigenvalue weighted by Gasteiger charge is -2.16. The number of hydrogen-bond acceptors (Lipinski definition) is 4. The molecule has 5 rings (SSSR count). The Hall–Kier alpha value is -3.38. The molecule has 32 heavy (non-hydrogen) atoms. The van der Waals surface area contributed by atoms with Gasteiger partial charge in [0.05, 0.1) is 18.2 Å². The van der Waals surface area contributed by atoms with Gasteiger partial charge in [0.15, 0.2) is 0 Å². The van der Waals surface area contributed by atoms with E-state index < -0.39 is 5.91 Å². The summed E-state index contributed by atoms with van der Waals surface area (Å²) in [6.45, 7) is 5.88. The lowest BCUT2D eigenvalue weighted by molar-refractivity contribution is 0.100. The maximum absolute atomic E-state index is 12.1. The number of aromatic nitrogens is 2. The average molecular weight is 429 g/mol. The number of likely N-dealkylation sites (tertiary alicyclic amines) is 1. The molecule has 1 saturated heterocycles. The Kier molecular flexibility index (Phi) is 5.31. The topological polar surface area (TPSA) is 73.4 Å². The highest BCUT2D eigenvalue weighted by Gasteiger charge is 2.27. The first-order chi connectivity index (χ1) is 15.6. The first-order valence-corrected chi connectivity index (χ1v) is 11.1. The summed E-state index contributed by atoms with van der Waals surface area (Å²) in [5.74, 6) is 0.763. The van der Waals surface area contributed by atoms with Gasteiger partial charge in [0, 0.05) is 53.7 Å². The highest BCUT2D eigenvalue weighted by molar-refractivity contribution is 6.05. The van der Waals surface area contributed by atoms with Crippen LogP contribution in [0.5, 0.6) is 5.75 Å². The number of primary amides is 1. The number of pyridine rings is 1. The zero-order valence-electron chi connectivity index (χ0n) is 18.5. The second kappa shape index (κ2) is 8.28. The van der Waals surface area contributed by atoms with E-state index in [-0.39, 0.29) is 5.92 Å². The molecule has 164 valence electrons. The summed E-state index contributed by atoms with van der Waals surface area (Å²) in [6.07, 6.45) is 3.27. The second-order valence-corrected chi connectivity index (χ2v) is 8.52. The Morgan fingerprint density at radius 1 is 1.19 bits per heavy atom. The van der Waals surface area contributed by atoms with Crippen LogP contribution in [-0.2, 0) is 13.1 Å². The molecule has 0 radical (unpaired) electrons. The predicted octanol–water partition coefficient (Wildman–Crippen LogP) is 4.31. The minimum atomic E-state index is -0.402. The van der Waals surface area contributed by atoms with Gasteiger partial charge in [-0.1, -0.05) is 18.2 Å². The number of ether oxygens (including phenoxy) is 1. The van der Waals surface area contributed by atoms with Gasteiger partial charge < -0.3 is 15.0 Å². The number of hydrogen-bond donors (Lipinski definition) is 1. The summed E-state index contributed by atoms with van der Waals surface area (Å²) >= 11 is 0. The van der Waals surface area contributed by atoms with Crippen LogP contribution in [0.3, 0.4) is 0 Å². The Morgan fingerprint density at radius 3 is 2.81 bits per heavy atom. The first-order valence-electron chi connectivity index (χ1n) is 11.1. The number of amides is 1. The van der Waals surface area contributed by atoms with Crippen LogP contribution < -0.4 is 10.5 Å². The molecule has 1 atom stereocenters. The van der Waals surface area contributed by atoms with Crippen molar-refractivity contribution < 1.29 is 9.53 Å². The molecule has 0 unspecified atom stereocenters. The molecule has 2 aromatic carbocycles. The smallest absolute Gasteiger partial charge is 0.249 e. The summed E-state index contributed by atoms with van der Waals surface area (Å²) in [5.41, 5.74) is 10.6. The highest BCUT2D eigenvalue weighted by Crippen LogP contribution is 2.32. The number of nitrogens with zero attached hydrogens (tertiary/aromatic N) is 3. The molecule has 2 aromatic heterocycles. The third kappa shape index (κ3) is 3.60. The van der Waals surface area contributed by atoms with E-state index >= 15 is 0 Å². The minimum absolute atomic E-state index is 0.284. The van der Waals surface area contributed by atoms with Crippen LogP contribution >= 0.6 is 0 Å². The molecular weight excluding hydrogens is 400 g/mol. The van der Waals surface area contributed by atoms with Crippen molar-refractivity contribution in [2.75, 3.05) is 20.2 Å². The van der Waals surface area contributed by atoms with Crippen LogP contribution in [0.2, 0.25) is 0 Å². The van der Waals surface area contributed by atoms with Gasteiger partial charge in [-0.05, 0) is 55.8 Å². The molecule has 2 N–H and O–H groups in total. The molecule has 0 spiro atoms. The predicted molar refractivity (Wildman–Crippen MR) is 127 cm³/mol. The van der Waals surface area contributed by atoms with Crippen molar-refractivity contribution in [2.24, 2.45) is 5.73 Å². The molecule has 6 heteroatoms. The Bertz CT molecular complexity index is 1310. The molecule has 1 aliphatic heterocycles. The van der Waals surface area contributed by atoms with E-state index in [1.165, 1.54) is 16.5 Å². The summed E-state index contributed by atoms with van der Waals surface area (Å²) in [7, 11) is 1.71. The zero-order chi connectivity index (χ0) is 22.2. The van der Waals surface area contributed by atoms with Gasteiger partial charge in [-0.2, -0.15) is 0 Å². The Morgan fingerprint density at radius 2 is 2.03 bits per heavy atom. The van der Waals surface area contributed by atoms with Crippen molar-refractivity contribution in [3.8, 4) is 5.75 Å². The molecule has 0 bridgehead atoms. The van der Waals surface area contributed by atoms with E-state index in [0.29, 0.717) is 5.56 Å². The van der Waals surface area contributed by atoms with Crippen molar-refractivity contribution in [2.45, 2.75) is 32.4 Å². The summed E-state index contributed by atoms with van der Waals surface area (Å²) < 4.78 is 7.76. The van der Waals surface area contributed by atoms with Gasteiger partial charge in [0.2, 0.25) is 5.91 Å². The maximum Gasteiger partial charge on any atom is 0.249 e. The van der Waals surface area contributed by atoms with Gasteiger partial charge in [-0.25, -0.2) is 0 Å². The molecule has 1 aliphatic rings. The SMILES string of the molecule is CCn1cc(CN2CC[C@H](c3cc(C(N)=O)c4ccccc4n3)C2)c2cc(OC)ccc21. The first kappa shape index (κ1) is 20.5. The number of benzene rings is 2. The molecule has 0 saturated carbocycles. The number of rotatable bonds is 6. The van der Waals surface area contributed by atoms with Gasteiger partial charge in [-0.3, -0.25) is 14.7 Å². The number of carbonyl (C=O) groups is 1. The zero-order valence-corrected chi connectivity index (χ0v) is 18.5. The number of para-hydroxylation sites is 1. The number of carbonyl (C=O) groups excluding carboxylic acids is 1. The second-order valence-electron chi connectivity index (χ2n) is 8.52. The molecule has 0 aliphatic carbocycles. The minimum Gasteiger partial charge on any atom is -0.497 e. The van der Waals surface area contributed by atoms with E-state index in [0.717, 1.165) is 54.9 Å². The standard InChI is InChI=1S/C26H28N4O2/c1-3-30-16-18(21-12-19(32-2)8-9-25(21)30)15-29-11-10-17(14-29)24-13-22(26(27)31)20-6-4-5-7-23(20)28-24/h4-9,12-13,16-17H,3,10-11,14-15H2,1-2H3,(H2,27,31)/t17-/m0/s1. The quantitative estimate of drug-likeness (QED) is 0.497. The van der Waals surface area contributed by atoms with E-state index in [1.807, 2.05) is 36.4 Å². The van der Waals surface area contributed by atoms with Crippen molar-refractivity contribution >= 4 is 27.7 Å². The Labute approximate surface area is 187 Å². The number of aryl methyl sites for hydroxylation is 1. The lowest BCUT2D eigenvalue weighted by Crippen LogP contribution is -2.20. The monoisotopic (exact) mass is 428 g/mol. The number of nitrogens with two attached hydrogens (primary N) is 1. The van der Waals surface area contributed by atoms with Gasteiger partial charge >= 0.3 is 0 Å². The molecular formula is C26H28N4O2. The van der Waals surface area contributed by atoms with Crippen LogP contribution in [0.15, 0.2) is 54.7 Å². The largest absolute Gasteiger partial charge is 0.497 e. The van der Waals surface area contributed by atoms with Gasteiger partial charge in [-0.15, -0.1) is 0 Å². The van der Waals surface area contributed by atoms with E-state index in [2.05, 4.69) is 34.7 Å². The summed E-state index contributed by atoms with van der Waals surface area (Å²) in [4.78, 5) is 19.4. The fourth-order valence-corrected chi connectivity index (χ4v) is 4.93. The maximum atomic E-state index is 12.1. The van der Waals surface area contributed by atoms with Crippen molar-refractivity contribution in [1.82, 2.24) is 14.5 Å². The van der Waals surface area contributed by atoms with Gasteiger partial charge in [0.25, 0.3) is 0 Å². The number of methoxy groups -OCH3 is 1. The van der Waals surface area contributed by atoms with Crippen LogP contribution in [0.4, 0.5) is 0 Å². The number of fused-ring (bicyclic) bond motifs is 2. The fourth-order valence-electron chi connectivity index (χ4n) is 4.93. The third-order valence-electron chi connectivity index (χ3n) is 6.60. The van der Waals surface area contributed by atoms with E-state index in [1.54, 1.807) is 7.11 Å². The molecule has 3 heterocycles. The third-order valence-corrected chi connectivity index (χ3v) is 6.60. The summed E-state index contributed by atoms with van der Waals surface area (Å²) in [5, 5.41) is 2.06. The molecule has 6 nitrogen and oxygen atoms in total. The lowest BCUT2D eigenvalue weighted by atomic mass is 9.99. The van der Waals surface area contributed by atoms with Crippen LogP contribution in [0, 0.1) is 0 Å². The molecule has 1 fully saturated rings. The molecule has 1 amide bonds. The Balaban J connectivity index is 1.42. The fraction of sp³-hybridized carbons (Fsp3) is 0.308. The molecule has 4 aromatic rings. The van der Waals surface area contributed by atoms with Crippen LogP contribution in [0.1, 0.15) is 40.9 Å². The van der Waals surface area contributed by atoms with Crippen molar-refractivity contribution in [3.63, 3.8) is 0 Å². The van der Waals surface area contributed by atoms with Crippen molar-refractivity contribution in [3.05, 3.63) is 71.5 Å². The van der Waals surface area contributed by atoms with Crippen molar-refractivity contribution in [1.29, 1.82) is 0 Å². The average Bonchev–Trinajstić information content (AvgIpc) is 3.42. The van der Waals surface area contributed by atoms with Crippen LogP contribution in [-0.4, -0.2) is 40.6 Å². The van der Waals surface area contributed by atoms with Gasteiger partial charge in [0.1, 0.15) is 5.75 Å². The highest BCUT2D eigenvalue weighted by atomic mass is 16.5. The summed E-state index contributed by atoms with van der Waals surface area (Å²) in [6, 6.07) is 15.9. The van der Waals surface area contributed by atoms with E-state index in [4.69, 9.17) is 15.5 Å². The van der Waals surface area contributed by atoms with E-state index in [9.17, 15) is 4.79 Å².